The molecule has 27 heavy (non-hydrogen) atoms. The molecule has 3 aromatic rings. The molecule has 0 atom stereocenters. The molecule has 0 radical (unpaired) electrons. The van der Waals surface area contributed by atoms with E-state index in [4.69, 9.17) is 9.47 Å². The Kier molecular flexibility index (Phi) is 6.72. The van der Waals surface area contributed by atoms with Gasteiger partial charge in [-0.25, -0.2) is 5.43 Å². The number of benzene rings is 3. The Morgan fingerprint density at radius 2 is 1.63 bits per heavy atom. The zero-order valence-electron chi connectivity index (χ0n) is 15.9. The van der Waals surface area contributed by atoms with Crippen LogP contribution in [0.4, 0.5) is 5.69 Å². The number of anilines is 1. The van der Waals surface area contributed by atoms with Crippen molar-refractivity contribution < 1.29 is 9.47 Å². The molecule has 0 fully saturated rings. The number of ether oxygens (including phenoxy) is 2. The molecule has 140 valence electrons. The maximum absolute atomic E-state index is 6.00. The molecule has 3 rings (SSSR count). The first-order valence-electron chi connectivity index (χ1n) is 9.22. The van der Waals surface area contributed by atoms with Crippen LogP contribution in [0.3, 0.4) is 0 Å². The summed E-state index contributed by atoms with van der Waals surface area (Å²) in [7, 11) is 0. The fraction of sp³-hybridized carbons (Fsp3) is 0.217. The van der Waals surface area contributed by atoms with Crippen LogP contribution in [0, 0.1) is 6.92 Å². The molecule has 0 aromatic heterocycles. The van der Waals surface area contributed by atoms with Crippen LogP contribution in [-0.2, 0) is 13.2 Å². The van der Waals surface area contributed by atoms with Gasteiger partial charge in [-0.05, 0) is 49.2 Å². The van der Waals surface area contributed by atoms with E-state index in [-0.39, 0.29) is 0 Å². The summed E-state index contributed by atoms with van der Waals surface area (Å²) in [4.78, 5) is 0. The van der Waals surface area contributed by atoms with Crippen molar-refractivity contribution in [1.29, 1.82) is 0 Å². The molecule has 4 nitrogen and oxygen atoms in total. The predicted molar refractivity (Wildman–Crippen MR) is 110 cm³/mol. The highest BCUT2D eigenvalue weighted by atomic mass is 16.5. The Morgan fingerprint density at radius 1 is 0.778 bits per heavy atom. The molecule has 0 saturated carbocycles. The molecule has 0 saturated heterocycles. The number of nitrogens with one attached hydrogen (secondary N) is 2. The Bertz CT molecular complexity index is 850. The monoisotopic (exact) mass is 362 g/mol. The molecular weight excluding hydrogens is 336 g/mol. The van der Waals surface area contributed by atoms with Crippen molar-refractivity contribution in [2.75, 3.05) is 12.0 Å². The van der Waals surface area contributed by atoms with Crippen molar-refractivity contribution in [3.8, 4) is 11.5 Å². The number of hydrazine groups is 1. The summed E-state index contributed by atoms with van der Waals surface area (Å²) in [5.74, 6) is 1.53. The molecule has 0 heterocycles. The van der Waals surface area contributed by atoms with Gasteiger partial charge in [0.25, 0.3) is 0 Å². The first kappa shape index (κ1) is 18.8. The summed E-state index contributed by atoms with van der Waals surface area (Å²) in [6, 6.07) is 24.4. The molecule has 0 aliphatic carbocycles. The lowest BCUT2D eigenvalue weighted by molar-refractivity contribution is 0.269. The number of rotatable bonds is 9. The van der Waals surface area contributed by atoms with Gasteiger partial charge in [-0.2, -0.15) is 0 Å². The third-order valence-electron chi connectivity index (χ3n) is 4.08. The van der Waals surface area contributed by atoms with E-state index in [1.807, 2.05) is 61.5 Å². The van der Waals surface area contributed by atoms with Gasteiger partial charge in [0.1, 0.15) is 6.61 Å². The van der Waals surface area contributed by atoms with Gasteiger partial charge in [0.05, 0.1) is 6.61 Å². The van der Waals surface area contributed by atoms with Gasteiger partial charge < -0.3 is 14.9 Å². The van der Waals surface area contributed by atoms with E-state index in [0.717, 1.165) is 28.3 Å². The first-order valence-corrected chi connectivity index (χ1v) is 9.22. The van der Waals surface area contributed by atoms with Crippen molar-refractivity contribution in [2.24, 2.45) is 0 Å². The highest BCUT2D eigenvalue weighted by molar-refractivity contribution is 5.44. The lowest BCUT2D eigenvalue weighted by atomic mass is 10.1. The van der Waals surface area contributed by atoms with Gasteiger partial charge in [0.15, 0.2) is 11.5 Å². The van der Waals surface area contributed by atoms with E-state index >= 15 is 0 Å². The molecule has 4 heteroatoms. The van der Waals surface area contributed by atoms with E-state index in [1.54, 1.807) is 0 Å². The van der Waals surface area contributed by atoms with Gasteiger partial charge in [0.2, 0.25) is 0 Å². The minimum absolute atomic E-state index is 0.523. The third-order valence-corrected chi connectivity index (χ3v) is 4.08. The average molecular weight is 362 g/mol. The Balaban J connectivity index is 1.61. The van der Waals surface area contributed by atoms with E-state index in [2.05, 4.69) is 36.0 Å². The van der Waals surface area contributed by atoms with Crippen LogP contribution in [-0.4, -0.2) is 6.61 Å². The number of hydrogen-bond acceptors (Lipinski definition) is 4. The largest absolute Gasteiger partial charge is 0.490 e. The van der Waals surface area contributed by atoms with Crippen LogP contribution in [0.1, 0.15) is 23.6 Å². The second-order valence-corrected chi connectivity index (χ2v) is 6.34. The van der Waals surface area contributed by atoms with Crippen molar-refractivity contribution in [1.82, 2.24) is 5.43 Å². The predicted octanol–water partition coefficient (Wildman–Crippen LogP) is 5.09. The minimum atomic E-state index is 0.523. The van der Waals surface area contributed by atoms with Crippen LogP contribution in [0.15, 0.2) is 72.8 Å². The van der Waals surface area contributed by atoms with Crippen LogP contribution in [0.5, 0.6) is 11.5 Å². The Hall–Kier alpha value is -2.98. The summed E-state index contributed by atoms with van der Waals surface area (Å²) < 4.78 is 11.8. The first-order chi connectivity index (χ1) is 13.2. The number of hydrogen-bond donors (Lipinski definition) is 2. The van der Waals surface area contributed by atoms with Crippen LogP contribution in [0.25, 0.3) is 0 Å². The molecule has 0 unspecified atom stereocenters. The summed E-state index contributed by atoms with van der Waals surface area (Å²) in [5.41, 5.74) is 10.9. The van der Waals surface area contributed by atoms with E-state index in [9.17, 15) is 0 Å². The van der Waals surface area contributed by atoms with Crippen LogP contribution in [0.2, 0.25) is 0 Å². The molecule has 0 aliphatic rings. The topological polar surface area (TPSA) is 42.5 Å². The Labute approximate surface area is 161 Å². The van der Waals surface area contributed by atoms with Crippen molar-refractivity contribution >= 4 is 5.69 Å². The molecular formula is C23H26N2O2. The third kappa shape index (κ3) is 5.76. The summed E-state index contributed by atoms with van der Waals surface area (Å²) in [5, 5.41) is 0. The highest BCUT2D eigenvalue weighted by Crippen LogP contribution is 2.29. The van der Waals surface area contributed by atoms with Crippen LogP contribution < -0.4 is 20.3 Å². The summed E-state index contributed by atoms with van der Waals surface area (Å²) in [6.45, 7) is 5.86. The molecule has 2 N–H and O–H groups in total. The number of para-hydroxylation sites is 1. The van der Waals surface area contributed by atoms with Gasteiger partial charge in [-0.1, -0.05) is 54.1 Å². The van der Waals surface area contributed by atoms with E-state index in [0.29, 0.717) is 19.8 Å². The molecule has 3 aromatic carbocycles. The quantitative estimate of drug-likeness (QED) is 0.520. The van der Waals surface area contributed by atoms with E-state index in [1.165, 1.54) is 5.56 Å². The van der Waals surface area contributed by atoms with Gasteiger partial charge in [0, 0.05) is 12.2 Å². The maximum atomic E-state index is 6.00. The fourth-order valence-electron chi connectivity index (χ4n) is 2.78. The fourth-order valence-corrected chi connectivity index (χ4v) is 2.78. The smallest absolute Gasteiger partial charge is 0.161 e. The normalized spacial score (nSPS) is 10.4. The molecule has 0 spiro atoms. The number of aryl methyl sites for hydroxylation is 1. The van der Waals surface area contributed by atoms with Crippen molar-refractivity contribution in [3.05, 3.63) is 89.5 Å². The SMILES string of the molecule is CCOc1cc(CNNc2ccccc2)ccc1OCc1cccc(C)c1. The lowest BCUT2D eigenvalue weighted by Crippen LogP contribution is -2.20. The lowest BCUT2D eigenvalue weighted by Gasteiger charge is -2.14. The Morgan fingerprint density at radius 3 is 2.41 bits per heavy atom. The average Bonchev–Trinajstić information content (AvgIpc) is 2.68. The summed E-state index contributed by atoms with van der Waals surface area (Å²) in [6.07, 6.45) is 0. The molecule has 0 bridgehead atoms. The van der Waals surface area contributed by atoms with Gasteiger partial charge >= 0.3 is 0 Å². The zero-order valence-corrected chi connectivity index (χ0v) is 15.9. The standard InChI is InChI=1S/C23H26N2O2/c1-3-26-23-15-19(16-24-25-21-10-5-4-6-11-21)12-13-22(23)27-17-20-9-7-8-18(2)14-20/h4-15,24-25H,3,16-17H2,1-2H3. The van der Waals surface area contributed by atoms with E-state index < -0.39 is 0 Å². The van der Waals surface area contributed by atoms with Gasteiger partial charge in [-0.15, -0.1) is 0 Å². The maximum Gasteiger partial charge on any atom is 0.161 e. The second kappa shape index (κ2) is 9.64. The minimum Gasteiger partial charge on any atom is -0.490 e. The zero-order chi connectivity index (χ0) is 18.9. The highest BCUT2D eigenvalue weighted by Gasteiger charge is 2.07. The van der Waals surface area contributed by atoms with Gasteiger partial charge in [-0.3, -0.25) is 0 Å². The molecule has 0 aliphatic heterocycles. The molecule has 0 amide bonds. The summed E-state index contributed by atoms with van der Waals surface area (Å²) >= 11 is 0. The van der Waals surface area contributed by atoms with Crippen LogP contribution >= 0.6 is 0 Å². The van der Waals surface area contributed by atoms with Crippen molar-refractivity contribution in [2.45, 2.75) is 27.0 Å². The second-order valence-electron chi connectivity index (χ2n) is 6.34. The van der Waals surface area contributed by atoms with Crippen molar-refractivity contribution in [3.63, 3.8) is 0 Å².